The number of rotatable bonds is 3. The number of benzene rings is 1. The molecule has 4 rings (SSSR count). The van der Waals surface area contributed by atoms with Gasteiger partial charge in [-0.2, -0.15) is 0 Å². The minimum atomic E-state index is -0.571. The van der Waals surface area contributed by atoms with Crippen LogP contribution in [0.25, 0.3) is 11.4 Å². The molecular weight excluding hydrogens is 359 g/mol. The second-order valence-corrected chi connectivity index (χ2v) is 8.24. The van der Waals surface area contributed by atoms with Gasteiger partial charge in [-0.1, -0.05) is 13.0 Å². The standard InChI is InChI=1S/C21H25FN4O2/c1-12-6-17-9-21(8-12,14(3)27)26(17)20(28)25-16-5-4-13(2)18(7-16)19-23-10-15(22)11-24-19/h4-5,7,10-12,14,17,27H,6,8-9H2,1-3H3,(H,25,28)/t12-,14-,17?,21?/m1/s1. The maximum absolute atomic E-state index is 13.1. The summed E-state index contributed by atoms with van der Waals surface area (Å²) < 4.78 is 13.1. The number of carbonyl (C=O) groups is 1. The molecule has 2 aromatic rings. The number of hydrogen-bond donors (Lipinski definition) is 2. The number of anilines is 1. The highest BCUT2D eigenvalue weighted by Gasteiger charge is 2.60. The van der Waals surface area contributed by atoms with Gasteiger partial charge in [0.1, 0.15) is 0 Å². The minimum Gasteiger partial charge on any atom is -0.391 e. The average molecular weight is 384 g/mol. The third kappa shape index (κ3) is 3.03. The highest BCUT2D eigenvalue weighted by molar-refractivity contribution is 5.92. The molecule has 2 amide bonds. The monoisotopic (exact) mass is 384 g/mol. The Labute approximate surface area is 163 Å². The smallest absolute Gasteiger partial charge is 0.322 e. The van der Waals surface area contributed by atoms with Crippen LogP contribution in [0.15, 0.2) is 30.6 Å². The minimum absolute atomic E-state index is 0.170. The number of nitrogens with one attached hydrogen (secondary N) is 1. The molecule has 28 heavy (non-hydrogen) atoms. The van der Waals surface area contributed by atoms with Gasteiger partial charge < -0.3 is 15.3 Å². The number of nitrogens with zero attached hydrogens (tertiary/aromatic N) is 3. The van der Waals surface area contributed by atoms with Crippen molar-refractivity contribution >= 4 is 11.7 Å². The van der Waals surface area contributed by atoms with Gasteiger partial charge >= 0.3 is 6.03 Å². The summed E-state index contributed by atoms with van der Waals surface area (Å²) in [6.07, 6.45) is 4.31. The summed E-state index contributed by atoms with van der Waals surface area (Å²) in [4.78, 5) is 22.9. The van der Waals surface area contributed by atoms with Crippen molar-refractivity contribution in [3.63, 3.8) is 0 Å². The van der Waals surface area contributed by atoms with Gasteiger partial charge in [0.25, 0.3) is 0 Å². The molecule has 0 spiro atoms. The molecule has 2 aliphatic rings. The molecule has 0 aliphatic carbocycles. The van der Waals surface area contributed by atoms with E-state index in [4.69, 9.17) is 0 Å². The van der Waals surface area contributed by atoms with Gasteiger partial charge in [-0.15, -0.1) is 0 Å². The molecule has 2 unspecified atom stereocenters. The predicted molar refractivity (Wildman–Crippen MR) is 104 cm³/mol. The number of hydrogen-bond acceptors (Lipinski definition) is 4. The van der Waals surface area contributed by atoms with Crippen LogP contribution in [0.3, 0.4) is 0 Å². The van der Waals surface area contributed by atoms with Gasteiger partial charge in [-0.05, 0) is 56.7 Å². The van der Waals surface area contributed by atoms with Crippen LogP contribution >= 0.6 is 0 Å². The van der Waals surface area contributed by atoms with Crippen molar-refractivity contribution in [3.05, 3.63) is 42.0 Å². The molecule has 2 N–H and O–H groups in total. The van der Waals surface area contributed by atoms with E-state index < -0.39 is 17.5 Å². The lowest BCUT2D eigenvalue weighted by atomic mass is 9.62. The molecule has 6 nitrogen and oxygen atoms in total. The van der Waals surface area contributed by atoms with E-state index in [9.17, 15) is 14.3 Å². The third-order valence-electron chi connectivity index (χ3n) is 6.16. The summed E-state index contributed by atoms with van der Waals surface area (Å²) in [6, 6.07) is 5.48. The summed E-state index contributed by atoms with van der Waals surface area (Å²) in [7, 11) is 0. The van der Waals surface area contributed by atoms with Crippen molar-refractivity contribution in [2.45, 2.75) is 57.7 Å². The zero-order valence-electron chi connectivity index (χ0n) is 16.3. The lowest BCUT2D eigenvalue weighted by Crippen LogP contribution is -2.76. The first-order valence-corrected chi connectivity index (χ1v) is 9.67. The molecule has 4 atom stereocenters. The number of aliphatic hydroxyl groups excluding tert-OH is 1. The van der Waals surface area contributed by atoms with Crippen molar-refractivity contribution in [1.29, 1.82) is 0 Å². The molecule has 148 valence electrons. The summed E-state index contributed by atoms with van der Waals surface area (Å²) >= 11 is 0. The Morgan fingerprint density at radius 2 is 2.07 bits per heavy atom. The molecule has 1 aromatic carbocycles. The Balaban J connectivity index is 1.57. The second kappa shape index (κ2) is 6.81. The first-order valence-electron chi connectivity index (χ1n) is 9.67. The van der Waals surface area contributed by atoms with Crippen LogP contribution in [0, 0.1) is 18.7 Å². The topological polar surface area (TPSA) is 78.4 Å². The largest absolute Gasteiger partial charge is 0.391 e. The van der Waals surface area contributed by atoms with Gasteiger partial charge in [0.2, 0.25) is 0 Å². The Bertz CT molecular complexity index is 902. The number of halogens is 1. The van der Waals surface area contributed by atoms with Crippen LogP contribution in [0.5, 0.6) is 0 Å². The number of piperidine rings is 1. The lowest BCUT2D eigenvalue weighted by Gasteiger charge is -2.64. The van der Waals surface area contributed by atoms with E-state index in [1.54, 1.807) is 13.0 Å². The lowest BCUT2D eigenvalue weighted by molar-refractivity contribution is -0.146. The molecule has 1 aromatic heterocycles. The van der Waals surface area contributed by atoms with Gasteiger partial charge in [-0.3, -0.25) is 0 Å². The maximum Gasteiger partial charge on any atom is 0.322 e. The van der Waals surface area contributed by atoms with Crippen LogP contribution < -0.4 is 5.32 Å². The molecule has 2 saturated heterocycles. The SMILES string of the molecule is Cc1ccc(NC(=O)N2C3C[C@@H](C)CC2([C@@H](C)O)C3)cc1-c1ncc(F)cn1. The molecule has 2 bridgehead atoms. The van der Waals surface area contributed by atoms with Crippen LogP contribution in [0.1, 0.15) is 38.7 Å². The molecule has 3 heterocycles. The molecule has 2 aliphatic heterocycles. The van der Waals surface area contributed by atoms with Gasteiger partial charge in [0, 0.05) is 17.3 Å². The fraction of sp³-hybridized carbons (Fsp3) is 0.476. The molecule has 0 saturated carbocycles. The van der Waals surface area contributed by atoms with E-state index in [2.05, 4.69) is 22.2 Å². The predicted octanol–water partition coefficient (Wildman–Crippen LogP) is 3.75. The van der Waals surface area contributed by atoms with E-state index in [-0.39, 0.29) is 12.1 Å². The van der Waals surface area contributed by atoms with Crippen LogP contribution in [-0.2, 0) is 0 Å². The molecule has 0 radical (unpaired) electrons. The van der Waals surface area contributed by atoms with E-state index in [1.807, 2.05) is 24.0 Å². The zero-order valence-corrected chi connectivity index (χ0v) is 16.3. The van der Waals surface area contributed by atoms with Crippen molar-refractivity contribution in [2.75, 3.05) is 5.32 Å². The Morgan fingerprint density at radius 3 is 2.75 bits per heavy atom. The highest BCUT2D eigenvalue weighted by atomic mass is 19.1. The number of aliphatic hydroxyl groups is 1. The number of urea groups is 1. The third-order valence-corrected chi connectivity index (χ3v) is 6.16. The van der Waals surface area contributed by atoms with E-state index in [0.717, 1.165) is 42.8 Å². The molecule has 7 heteroatoms. The van der Waals surface area contributed by atoms with Crippen molar-refractivity contribution in [2.24, 2.45) is 5.92 Å². The van der Waals surface area contributed by atoms with Gasteiger partial charge in [0.05, 0.1) is 24.0 Å². The summed E-state index contributed by atoms with van der Waals surface area (Å²) in [5, 5.41) is 13.3. The highest BCUT2D eigenvalue weighted by Crippen LogP contribution is 2.51. The van der Waals surface area contributed by atoms with E-state index in [1.165, 1.54) is 0 Å². The Hall–Kier alpha value is -2.54. The quantitative estimate of drug-likeness (QED) is 0.845. The van der Waals surface area contributed by atoms with E-state index in [0.29, 0.717) is 17.4 Å². The fourth-order valence-electron chi connectivity index (χ4n) is 4.86. The zero-order chi connectivity index (χ0) is 20.1. The number of carbonyl (C=O) groups excluding carboxylic acids is 1. The first kappa shape index (κ1) is 18.8. The van der Waals surface area contributed by atoms with Gasteiger partial charge in [-0.25, -0.2) is 19.2 Å². The fourth-order valence-corrected chi connectivity index (χ4v) is 4.86. The van der Waals surface area contributed by atoms with Crippen molar-refractivity contribution in [3.8, 4) is 11.4 Å². The van der Waals surface area contributed by atoms with Crippen LogP contribution in [-0.4, -0.2) is 43.7 Å². The van der Waals surface area contributed by atoms with Gasteiger partial charge in [0.15, 0.2) is 11.6 Å². The van der Waals surface area contributed by atoms with Crippen LogP contribution in [0.4, 0.5) is 14.9 Å². The van der Waals surface area contributed by atoms with Crippen molar-refractivity contribution < 1.29 is 14.3 Å². The maximum atomic E-state index is 13.1. The second-order valence-electron chi connectivity index (χ2n) is 8.24. The number of amides is 2. The number of fused-ring (bicyclic) bond motifs is 2. The Kier molecular flexibility index (Phi) is 4.57. The number of aromatic nitrogens is 2. The van der Waals surface area contributed by atoms with Crippen LogP contribution in [0.2, 0.25) is 0 Å². The normalized spacial score (nSPS) is 27.1. The first-order chi connectivity index (χ1) is 13.3. The summed E-state index contributed by atoms with van der Waals surface area (Å²) in [5.74, 6) is 0.414. The molecule has 2 fully saturated rings. The van der Waals surface area contributed by atoms with E-state index >= 15 is 0 Å². The average Bonchev–Trinajstić information content (AvgIpc) is 2.63. The number of aryl methyl sites for hydroxylation is 1. The summed E-state index contributed by atoms with van der Waals surface area (Å²) in [5.41, 5.74) is 1.82. The Morgan fingerprint density at radius 1 is 1.36 bits per heavy atom. The molecular formula is C21H25FN4O2. The van der Waals surface area contributed by atoms with Crippen molar-refractivity contribution in [1.82, 2.24) is 14.9 Å². The summed E-state index contributed by atoms with van der Waals surface area (Å²) in [6.45, 7) is 5.86.